The number of amides is 3. The molecular weight excluding hydrogens is 595 g/mol. The zero-order chi connectivity index (χ0) is 31.7. The monoisotopic (exact) mass is 630 g/mol. The number of anilines is 2. The van der Waals surface area contributed by atoms with E-state index in [0.29, 0.717) is 43.7 Å². The lowest BCUT2D eigenvalue weighted by atomic mass is 9.85. The van der Waals surface area contributed by atoms with Crippen LogP contribution in [-0.2, 0) is 11.3 Å². The number of benzene rings is 2. The van der Waals surface area contributed by atoms with E-state index in [1.54, 1.807) is 11.8 Å². The van der Waals surface area contributed by atoms with Crippen molar-refractivity contribution in [3.8, 4) is 23.1 Å². The fourth-order valence-corrected chi connectivity index (χ4v) is 7.06. The Labute approximate surface area is 267 Å². The van der Waals surface area contributed by atoms with Gasteiger partial charge in [-0.15, -0.1) is 0 Å². The molecule has 0 N–H and O–H groups in total. The van der Waals surface area contributed by atoms with Crippen molar-refractivity contribution in [2.45, 2.75) is 51.6 Å². The van der Waals surface area contributed by atoms with Crippen molar-refractivity contribution in [2.75, 3.05) is 49.1 Å². The van der Waals surface area contributed by atoms with Gasteiger partial charge in [-0.05, 0) is 69.4 Å². The third-order valence-electron chi connectivity index (χ3n) is 9.19. The Bertz CT molecular complexity index is 1640. The molecule has 0 unspecified atom stereocenters. The van der Waals surface area contributed by atoms with E-state index < -0.39 is 17.4 Å². The molecular formula is C34H36ClFN6O3. The molecule has 11 heteroatoms. The highest BCUT2D eigenvalue weighted by molar-refractivity contribution is 6.36. The van der Waals surface area contributed by atoms with Crippen molar-refractivity contribution in [3.05, 3.63) is 70.6 Å². The first-order valence-corrected chi connectivity index (χ1v) is 15.9. The number of rotatable bonds is 8. The maximum atomic E-state index is 14.3. The number of aromatic nitrogens is 1. The van der Waals surface area contributed by atoms with Gasteiger partial charge < -0.3 is 14.5 Å². The molecule has 1 spiro atoms. The van der Waals surface area contributed by atoms with Gasteiger partial charge in [-0.2, -0.15) is 5.26 Å². The summed E-state index contributed by atoms with van der Waals surface area (Å²) < 4.78 is 19.9. The van der Waals surface area contributed by atoms with E-state index in [1.165, 1.54) is 42.4 Å². The van der Waals surface area contributed by atoms with Gasteiger partial charge in [-0.3, -0.25) is 14.7 Å². The number of ether oxygens (including phenoxy) is 1. The van der Waals surface area contributed by atoms with E-state index in [-0.39, 0.29) is 34.5 Å². The van der Waals surface area contributed by atoms with Crippen LogP contribution in [0.15, 0.2) is 48.7 Å². The normalized spacial score (nSPS) is 18.2. The molecule has 0 aliphatic carbocycles. The fraction of sp³-hybridized carbons (Fsp3) is 0.412. The molecule has 0 atom stereocenters. The van der Waals surface area contributed by atoms with Crippen LogP contribution >= 0.6 is 11.6 Å². The molecule has 3 aliphatic heterocycles. The van der Waals surface area contributed by atoms with E-state index in [9.17, 15) is 19.2 Å². The number of likely N-dealkylation sites (tertiary alicyclic amines) is 1. The van der Waals surface area contributed by atoms with E-state index in [1.807, 2.05) is 13.0 Å². The van der Waals surface area contributed by atoms with Gasteiger partial charge in [0.1, 0.15) is 23.2 Å². The van der Waals surface area contributed by atoms with E-state index in [4.69, 9.17) is 16.3 Å². The quantitative estimate of drug-likeness (QED) is 0.272. The minimum Gasteiger partial charge on any atom is -0.493 e. The molecule has 9 nitrogen and oxygen atoms in total. The largest absolute Gasteiger partial charge is 0.493 e. The molecule has 0 saturated carbocycles. The summed E-state index contributed by atoms with van der Waals surface area (Å²) in [6, 6.07) is 14.2. The van der Waals surface area contributed by atoms with E-state index in [0.717, 1.165) is 30.6 Å². The van der Waals surface area contributed by atoms with Crippen LogP contribution in [0.25, 0.3) is 11.3 Å². The zero-order valence-corrected chi connectivity index (χ0v) is 26.3. The van der Waals surface area contributed by atoms with Crippen LogP contribution in [0.3, 0.4) is 0 Å². The number of likely N-dealkylation sites (N-methyl/N-ethyl adjacent to an activating group) is 1. The molecule has 45 heavy (non-hydrogen) atoms. The predicted octanol–water partition coefficient (Wildman–Crippen LogP) is 6.23. The summed E-state index contributed by atoms with van der Waals surface area (Å²) in [5, 5.41) is 9.48. The summed E-state index contributed by atoms with van der Waals surface area (Å²) in [7, 11) is 0. The van der Waals surface area contributed by atoms with Gasteiger partial charge >= 0.3 is 6.03 Å². The number of carbonyl (C=O) groups excluding carboxylic acids is 2. The Kier molecular flexibility index (Phi) is 8.67. The lowest BCUT2D eigenvalue weighted by Crippen LogP contribution is -2.56. The summed E-state index contributed by atoms with van der Waals surface area (Å²) >= 11 is 6.71. The highest BCUT2D eigenvalue weighted by Gasteiger charge is 2.58. The van der Waals surface area contributed by atoms with Crippen molar-refractivity contribution in [1.29, 1.82) is 5.26 Å². The second kappa shape index (κ2) is 12.7. The summed E-state index contributed by atoms with van der Waals surface area (Å²) in [6.45, 7) is 8.66. The minimum absolute atomic E-state index is 0.134. The number of nitriles is 1. The first-order chi connectivity index (χ1) is 21.8. The average Bonchev–Trinajstić information content (AvgIpc) is 3.65. The first-order valence-electron chi connectivity index (χ1n) is 15.5. The number of pyridine rings is 1. The predicted molar refractivity (Wildman–Crippen MR) is 171 cm³/mol. The molecule has 3 amide bonds. The van der Waals surface area contributed by atoms with Crippen molar-refractivity contribution < 1.29 is 18.7 Å². The number of imide groups is 1. The van der Waals surface area contributed by atoms with Crippen LogP contribution in [0.5, 0.6) is 5.75 Å². The maximum Gasteiger partial charge on any atom is 0.332 e. The van der Waals surface area contributed by atoms with Crippen LogP contribution in [0, 0.1) is 17.1 Å². The second-order valence-corrected chi connectivity index (χ2v) is 12.1. The van der Waals surface area contributed by atoms with Gasteiger partial charge in [-0.25, -0.2) is 14.1 Å². The van der Waals surface area contributed by atoms with Gasteiger partial charge in [0.15, 0.2) is 0 Å². The molecule has 0 radical (unpaired) electrons. The molecule has 6 rings (SSSR count). The Morgan fingerprint density at radius 2 is 1.76 bits per heavy atom. The number of carbonyl (C=O) groups is 2. The van der Waals surface area contributed by atoms with Gasteiger partial charge in [0.25, 0.3) is 5.91 Å². The van der Waals surface area contributed by atoms with E-state index in [2.05, 4.69) is 39.0 Å². The van der Waals surface area contributed by atoms with E-state index >= 15 is 0 Å². The van der Waals surface area contributed by atoms with Crippen LogP contribution in [0.4, 0.5) is 20.6 Å². The van der Waals surface area contributed by atoms with Crippen molar-refractivity contribution in [3.63, 3.8) is 0 Å². The molecule has 3 saturated heterocycles. The lowest BCUT2D eigenvalue weighted by Gasteiger charge is -2.41. The average molecular weight is 631 g/mol. The maximum absolute atomic E-state index is 14.3. The lowest BCUT2D eigenvalue weighted by molar-refractivity contribution is -0.127. The second-order valence-electron chi connectivity index (χ2n) is 11.7. The molecule has 234 valence electrons. The fourth-order valence-electron chi connectivity index (χ4n) is 6.83. The Balaban J connectivity index is 1.20. The minimum atomic E-state index is -0.954. The number of piperidine rings is 1. The van der Waals surface area contributed by atoms with Gasteiger partial charge in [-0.1, -0.05) is 23.7 Å². The van der Waals surface area contributed by atoms with Gasteiger partial charge in [0.05, 0.1) is 34.8 Å². The SMILES string of the molecule is CCOc1cc(F)c(C#N)cc1-c1cc(Cl)c(N2C(=O)N(CC)C3(CCN(Cc4ccc(N5CCCC5)cc4)CC3)C2=O)cn1. The highest BCUT2D eigenvalue weighted by Crippen LogP contribution is 2.42. The summed E-state index contributed by atoms with van der Waals surface area (Å²) in [5.41, 5.74) is 2.27. The standard InChI is InChI=1S/C34H36ClFN6O3/c1-3-41-33(44)42(30-21-38-29(18-27(30)35)26-17-24(20-37)28(36)19-31(26)45-4-2)32(43)34(41)11-15-39(16-12-34)22-23-7-9-25(10-8-23)40-13-5-6-14-40/h7-10,17-19,21H,3-6,11-16,22H2,1-2H3. The van der Waals surface area contributed by atoms with Crippen LogP contribution in [-0.4, -0.2) is 71.6 Å². The van der Waals surface area contributed by atoms with Gasteiger partial charge in [0, 0.05) is 56.6 Å². The highest BCUT2D eigenvalue weighted by atomic mass is 35.5. The molecule has 3 aliphatic rings. The Morgan fingerprint density at radius 3 is 2.38 bits per heavy atom. The number of hydrogen-bond acceptors (Lipinski definition) is 7. The molecule has 3 fully saturated rings. The third kappa shape index (κ3) is 5.60. The number of hydrogen-bond donors (Lipinski definition) is 0. The molecule has 1 aromatic heterocycles. The number of halogens is 2. The smallest absolute Gasteiger partial charge is 0.332 e. The van der Waals surface area contributed by atoms with Gasteiger partial charge in [0.2, 0.25) is 0 Å². The summed E-state index contributed by atoms with van der Waals surface area (Å²) in [4.78, 5) is 39.9. The van der Waals surface area contributed by atoms with Crippen LogP contribution in [0.1, 0.15) is 50.7 Å². The zero-order valence-electron chi connectivity index (χ0n) is 25.6. The molecule has 2 aromatic carbocycles. The van der Waals surface area contributed by atoms with Crippen molar-refractivity contribution in [1.82, 2.24) is 14.8 Å². The number of urea groups is 1. The van der Waals surface area contributed by atoms with Crippen molar-refractivity contribution in [2.24, 2.45) is 0 Å². The van der Waals surface area contributed by atoms with Crippen LogP contribution in [0.2, 0.25) is 5.02 Å². The molecule has 4 heterocycles. The first kappa shape index (κ1) is 30.8. The topological polar surface area (TPSA) is 93.0 Å². The number of nitrogens with zero attached hydrogens (tertiary/aromatic N) is 6. The third-order valence-corrected chi connectivity index (χ3v) is 9.50. The van der Waals surface area contributed by atoms with Crippen LogP contribution < -0.4 is 14.5 Å². The molecule has 0 bridgehead atoms. The molecule has 3 aromatic rings. The Hall–Kier alpha value is -4.20. The Morgan fingerprint density at radius 1 is 1.04 bits per heavy atom. The van der Waals surface area contributed by atoms with Crippen molar-refractivity contribution >= 4 is 34.9 Å². The summed E-state index contributed by atoms with van der Waals surface area (Å²) in [5.74, 6) is -0.792. The summed E-state index contributed by atoms with van der Waals surface area (Å²) in [6.07, 6.45) is 4.90.